The highest BCUT2D eigenvalue weighted by Crippen LogP contribution is 2.46. The van der Waals surface area contributed by atoms with Gasteiger partial charge in [0.1, 0.15) is 11.6 Å². The fourth-order valence-electron chi connectivity index (χ4n) is 4.07. The first-order valence-electron chi connectivity index (χ1n) is 11.4. The topological polar surface area (TPSA) is 116 Å². The van der Waals surface area contributed by atoms with Crippen molar-refractivity contribution in [3.05, 3.63) is 47.0 Å². The molecule has 0 atom stereocenters. The number of anilines is 1. The lowest BCUT2D eigenvalue weighted by Crippen LogP contribution is -2.32. The predicted octanol–water partition coefficient (Wildman–Crippen LogP) is 4.50. The quantitative estimate of drug-likeness (QED) is 0.451. The first-order valence-corrected chi connectivity index (χ1v) is 13.2. The Bertz CT molecular complexity index is 1370. The minimum absolute atomic E-state index is 0.186. The zero-order chi connectivity index (χ0) is 24.5. The van der Waals surface area contributed by atoms with Crippen LogP contribution in [0.25, 0.3) is 22.4 Å². The molecule has 1 saturated carbocycles. The van der Waals surface area contributed by atoms with Crippen LogP contribution < -0.4 is 9.62 Å². The number of unbranched alkanes of at least 4 members (excludes halogenated alkanes) is 2. The molecule has 0 bridgehead atoms. The number of nitrogens with one attached hydrogen (secondary N) is 1. The van der Waals surface area contributed by atoms with Crippen LogP contribution in [-0.2, 0) is 10.0 Å². The van der Waals surface area contributed by atoms with Crippen molar-refractivity contribution in [1.82, 2.24) is 10.3 Å². The summed E-state index contributed by atoms with van der Waals surface area (Å²) in [5.74, 6) is 0.649. The molecule has 2 heterocycles. The summed E-state index contributed by atoms with van der Waals surface area (Å²) in [5.41, 5.74) is 3.24. The summed E-state index contributed by atoms with van der Waals surface area (Å²) >= 11 is 0. The molecule has 3 aromatic rings. The van der Waals surface area contributed by atoms with Gasteiger partial charge in [-0.1, -0.05) is 29.8 Å². The van der Waals surface area contributed by atoms with Gasteiger partial charge in [0, 0.05) is 25.6 Å². The number of hydrogen-bond donors (Lipinski definition) is 1. The van der Waals surface area contributed by atoms with Crippen molar-refractivity contribution >= 4 is 32.8 Å². The molecule has 1 aromatic carbocycles. The minimum Gasteiger partial charge on any atom is -0.437 e. The second kappa shape index (κ2) is 9.47. The van der Waals surface area contributed by atoms with Gasteiger partial charge >= 0.3 is 0 Å². The van der Waals surface area contributed by atoms with E-state index in [0.29, 0.717) is 41.8 Å². The van der Waals surface area contributed by atoms with Crippen molar-refractivity contribution in [3.8, 4) is 17.4 Å². The molecule has 0 radical (unpaired) electrons. The second-order valence-electron chi connectivity index (χ2n) is 8.73. The summed E-state index contributed by atoms with van der Waals surface area (Å²) < 4.78 is 32.9. The summed E-state index contributed by atoms with van der Waals surface area (Å²) in [6.07, 6.45) is 4.54. The fraction of sp³-hybridized carbons (Fsp3) is 0.400. The van der Waals surface area contributed by atoms with Crippen molar-refractivity contribution in [2.45, 2.75) is 44.9 Å². The van der Waals surface area contributed by atoms with E-state index >= 15 is 0 Å². The number of aromatic nitrogens is 1. The Labute approximate surface area is 199 Å². The van der Waals surface area contributed by atoms with Gasteiger partial charge in [0.05, 0.1) is 23.3 Å². The smallest absolute Gasteiger partial charge is 0.255 e. The Morgan fingerprint density at radius 1 is 1.26 bits per heavy atom. The Balaban J connectivity index is 1.90. The van der Waals surface area contributed by atoms with E-state index in [-0.39, 0.29) is 24.1 Å². The fourth-order valence-corrected chi connectivity index (χ4v) is 4.99. The molecular formula is C25H28N4O4S. The monoisotopic (exact) mass is 480 g/mol. The molecule has 1 N–H and O–H groups in total. The van der Waals surface area contributed by atoms with Gasteiger partial charge in [-0.05, 0) is 50.2 Å². The zero-order valence-electron chi connectivity index (χ0n) is 19.6. The van der Waals surface area contributed by atoms with Crippen molar-refractivity contribution in [3.63, 3.8) is 0 Å². The highest BCUT2D eigenvalue weighted by Gasteiger charge is 2.34. The van der Waals surface area contributed by atoms with Crippen molar-refractivity contribution in [2.75, 3.05) is 24.2 Å². The number of hydrogen-bond acceptors (Lipinski definition) is 6. The van der Waals surface area contributed by atoms with Crippen LogP contribution in [0.2, 0.25) is 0 Å². The van der Waals surface area contributed by atoms with Crippen LogP contribution in [0.5, 0.6) is 0 Å². The van der Waals surface area contributed by atoms with Gasteiger partial charge in [-0.15, -0.1) is 0 Å². The highest BCUT2D eigenvalue weighted by atomic mass is 32.2. The maximum absolute atomic E-state index is 12.9. The lowest BCUT2D eigenvalue weighted by Gasteiger charge is -2.23. The first kappa shape index (κ1) is 23.8. The number of fused-ring (bicyclic) bond motifs is 1. The predicted molar refractivity (Wildman–Crippen MR) is 131 cm³/mol. The van der Waals surface area contributed by atoms with Crippen LogP contribution in [0.15, 0.2) is 34.7 Å². The molecule has 34 heavy (non-hydrogen) atoms. The number of sulfonamides is 1. The molecule has 0 spiro atoms. The van der Waals surface area contributed by atoms with Crippen LogP contribution in [-0.4, -0.2) is 39.2 Å². The number of pyridine rings is 1. The van der Waals surface area contributed by atoms with E-state index in [1.165, 1.54) is 4.31 Å². The van der Waals surface area contributed by atoms with Crippen molar-refractivity contribution in [1.29, 1.82) is 5.26 Å². The number of amides is 1. The third-order valence-electron chi connectivity index (χ3n) is 6.01. The molecule has 0 unspecified atom stereocenters. The molecule has 2 aromatic heterocycles. The second-order valence-corrected chi connectivity index (χ2v) is 10.6. The molecular weight excluding hydrogens is 452 g/mol. The molecule has 9 heteroatoms. The van der Waals surface area contributed by atoms with Gasteiger partial charge in [-0.25, -0.2) is 8.42 Å². The number of nitrogens with zero attached hydrogens (tertiary/aromatic N) is 3. The molecule has 1 aliphatic carbocycles. The average molecular weight is 481 g/mol. The third-order valence-corrected chi connectivity index (χ3v) is 7.17. The first-order chi connectivity index (χ1) is 16.2. The number of carbonyl (C=O) groups excluding carboxylic acids is 1. The molecule has 0 aliphatic heterocycles. The summed E-state index contributed by atoms with van der Waals surface area (Å²) in [5, 5.41) is 12.1. The third kappa shape index (κ3) is 4.77. The standard InChI is InChI=1S/C25H28N4O4S/c1-16-7-9-18(10-8-16)22-21(24(30)27-2)20-15-19(17-11-12-17)23(28-25(20)33-22)29(34(3,31)32)14-6-4-5-13-26/h7-10,15,17H,4-6,11-12,14H2,1-3H3,(H,27,30). The van der Waals surface area contributed by atoms with Crippen LogP contribution in [0.4, 0.5) is 5.82 Å². The number of carbonyl (C=O) groups is 1. The Morgan fingerprint density at radius 3 is 2.56 bits per heavy atom. The number of rotatable bonds is 9. The van der Waals surface area contributed by atoms with Gasteiger partial charge in [0.25, 0.3) is 5.91 Å². The van der Waals surface area contributed by atoms with Gasteiger partial charge in [-0.2, -0.15) is 10.2 Å². The average Bonchev–Trinajstić information content (AvgIpc) is 3.58. The van der Waals surface area contributed by atoms with E-state index in [2.05, 4.69) is 16.4 Å². The Morgan fingerprint density at radius 2 is 1.97 bits per heavy atom. The van der Waals surface area contributed by atoms with Crippen LogP contribution >= 0.6 is 0 Å². The summed E-state index contributed by atoms with van der Waals surface area (Å²) in [6, 6.07) is 11.6. The normalized spacial score (nSPS) is 13.6. The van der Waals surface area contributed by atoms with Crippen LogP contribution in [0.3, 0.4) is 0 Å². The van der Waals surface area contributed by atoms with Crippen molar-refractivity contribution in [2.24, 2.45) is 0 Å². The molecule has 1 amide bonds. The van der Waals surface area contributed by atoms with E-state index in [4.69, 9.17) is 9.68 Å². The van der Waals surface area contributed by atoms with E-state index in [9.17, 15) is 13.2 Å². The highest BCUT2D eigenvalue weighted by molar-refractivity contribution is 7.92. The maximum Gasteiger partial charge on any atom is 0.255 e. The molecule has 1 aliphatic rings. The number of nitriles is 1. The van der Waals surface area contributed by atoms with E-state index in [1.54, 1.807) is 7.05 Å². The molecule has 0 saturated heterocycles. The SMILES string of the molecule is CNC(=O)c1c(-c2ccc(C)cc2)oc2nc(N(CCCCC#N)S(C)(=O)=O)c(C3CC3)cc12. The summed E-state index contributed by atoms with van der Waals surface area (Å²) in [4.78, 5) is 17.6. The number of benzene rings is 1. The lowest BCUT2D eigenvalue weighted by molar-refractivity contribution is 0.0964. The van der Waals surface area contributed by atoms with Gasteiger partial charge < -0.3 is 9.73 Å². The van der Waals surface area contributed by atoms with Gasteiger partial charge in [-0.3, -0.25) is 9.10 Å². The molecule has 178 valence electrons. The van der Waals surface area contributed by atoms with Crippen LogP contribution in [0.1, 0.15) is 59.5 Å². The Hall–Kier alpha value is -3.38. The van der Waals surface area contributed by atoms with Gasteiger partial charge in [0.2, 0.25) is 15.7 Å². The summed E-state index contributed by atoms with van der Waals surface area (Å²) in [7, 11) is -2.05. The molecule has 8 nitrogen and oxygen atoms in total. The minimum atomic E-state index is -3.62. The Kier molecular flexibility index (Phi) is 6.62. The van der Waals surface area contributed by atoms with E-state index in [0.717, 1.165) is 35.8 Å². The number of aryl methyl sites for hydroxylation is 1. The molecule has 4 rings (SSSR count). The van der Waals surface area contributed by atoms with E-state index < -0.39 is 10.0 Å². The molecule has 1 fully saturated rings. The number of furan rings is 1. The van der Waals surface area contributed by atoms with E-state index in [1.807, 2.05) is 37.3 Å². The zero-order valence-corrected chi connectivity index (χ0v) is 20.4. The van der Waals surface area contributed by atoms with Crippen LogP contribution in [0, 0.1) is 18.3 Å². The maximum atomic E-state index is 12.9. The summed E-state index contributed by atoms with van der Waals surface area (Å²) in [6.45, 7) is 2.21. The lowest BCUT2D eigenvalue weighted by atomic mass is 10.0. The van der Waals surface area contributed by atoms with Gasteiger partial charge in [0.15, 0.2) is 0 Å². The van der Waals surface area contributed by atoms with Crippen molar-refractivity contribution < 1.29 is 17.6 Å². The largest absolute Gasteiger partial charge is 0.437 e.